The van der Waals surface area contributed by atoms with Crippen molar-refractivity contribution in [3.05, 3.63) is 54.1 Å². The van der Waals surface area contributed by atoms with Gasteiger partial charge >= 0.3 is 0 Å². The smallest absolute Gasteiger partial charge is 0.279 e. The van der Waals surface area contributed by atoms with Crippen LogP contribution in [-0.4, -0.2) is 46.1 Å². The molecule has 1 aliphatic rings. The van der Waals surface area contributed by atoms with Crippen molar-refractivity contribution in [2.75, 3.05) is 13.1 Å². The number of aliphatic hydroxyl groups excluding tert-OH is 1. The average molecular weight is 412 g/mol. The number of aromatic nitrogens is 1. The van der Waals surface area contributed by atoms with Gasteiger partial charge in [0.05, 0.1) is 10.2 Å². The van der Waals surface area contributed by atoms with Crippen molar-refractivity contribution in [1.82, 2.24) is 15.2 Å². The van der Waals surface area contributed by atoms with Gasteiger partial charge in [-0.1, -0.05) is 35.6 Å². The second-order valence-corrected chi connectivity index (χ2v) is 8.42. The third-order valence-electron chi connectivity index (χ3n) is 5.12. The van der Waals surface area contributed by atoms with Crippen LogP contribution in [0, 0.1) is 0 Å². The number of benzene rings is 2. The lowest BCUT2D eigenvalue weighted by Crippen LogP contribution is -2.46. The molecule has 152 valence electrons. The molecule has 1 atom stereocenters. The van der Waals surface area contributed by atoms with E-state index in [0.29, 0.717) is 5.19 Å². The standard InChI is InChI=1S/C22H25N3O3S/c1-15(26)21(27)23-17-10-12-25(13-11-17)14-16-6-8-18(9-7-16)28-22-24-19-4-2-3-5-20(19)29-22/h2-9,15,17,26H,10-14H2,1H3,(H,23,27). The minimum Gasteiger partial charge on any atom is -0.431 e. The number of hydrogen-bond donors (Lipinski definition) is 2. The van der Waals surface area contributed by atoms with Crippen LogP contribution in [0.25, 0.3) is 10.2 Å². The lowest BCUT2D eigenvalue weighted by molar-refractivity contribution is -0.129. The van der Waals surface area contributed by atoms with E-state index < -0.39 is 6.10 Å². The summed E-state index contributed by atoms with van der Waals surface area (Å²) in [7, 11) is 0. The summed E-state index contributed by atoms with van der Waals surface area (Å²) in [5.74, 6) is 0.500. The van der Waals surface area contributed by atoms with Gasteiger partial charge < -0.3 is 15.2 Å². The highest BCUT2D eigenvalue weighted by molar-refractivity contribution is 7.20. The summed E-state index contributed by atoms with van der Waals surface area (Å²) in [5, 5.41) is 12.9. The van der Waals surface area contributed by atoms with Crippen LogP contribution in [0.15, 0.2) is 48.5 Å². The second-order valence-electron chi connectivity index (χ2n) is 7.43. The van der Waals surface area contributed by atoms with Gasteiger partial charge in [-0.3, -0.25) is 9.69 Å². The first kappa shape index (κ1) is 19.8. The quantitative estimate of drug-likeness (QED) is 0.649. The molecule has 4 rings (SSSR count). The van der Waals surface area contributed by atoms with E-state index in [-0.39, 0.29) is 11.9 Å². The van der Waals surface area contributed by atoms with E-state index in [0.717, 1.165) is 48.4 Å². The van der Waals surface area contributed by atoms with E-state index in [1.807, 2.05) is 36.4 Å². The number of aliphatic hydroxyl groups is 1. The Balaban J connectivity index is 1.28. The fraction of sp³-hybridized carbons (Fsp3) is 0.364. The van der Waals surface area contributed by atoms with Crippen molar-refractivity contribution < 1.29 is 14.6 Å². The third kappa shape index (κ3) is 5.12. The van der Waals surface area contributed by atoms with Crippen molar-refractivity contribution in [3.63, 3.8) is 0 Å². The van der Waals surface area contributed by atoms with Crippen molar-refractivity contribution >= 4 is 27.5 Å². The molecule has 1 fully saturated rings. The molecule has 1 unspecified atom stereocenters. The molecule has 0 saturated carbocycles. The molecule has 0 bridgehead atoms. The number of hydrogen-bond acceptors (Lipinski definition) is 6. The number of carbonyl (C=O) groups excluding carboxylic acids is 1. The van der Waals surface area contributed by atoms with Gasteiger partial charge in [0.1, 0.15) is 11.9 Å². The Hall–Kier alpha value is -2.48. The van der Waals surface area contributed by atoms with Gasteiger partial charge in [-0.15, -0.1) is 0 Å². The van der Waals surface area contributed by atoms with Gasteiger partial charge in [-0.25, -0.2) is 4.98 Å². The number of likely N-dealkylation sites (tertiary alicyclic amines) is 1. The number of fused-ring (bicyclic) bond motifs is 1. The van der Waals surface area contributed by atoms with Crippen molar-refractivity contribution in [2.45, 2.75) is 38.5 Å². The number of carbonyl (C=O) groups is 1. The van der Waals surface area contributed by atoms with Gasteiger partial charge in [-0.05, 0) is 49.6 Å². The Morgan fingerprint density at radius 3 is 2.66 bits per heavy atom. The molecular weight excluding hydrogens is 386 g/mol. The molecule has 0 spiro atoms. The maximum atomic E-state index is 11.6. The molecule has 2 heterocycles. The van der Waals surface area contributed by atoms with E-state index in [4.69, 9.17) is 4.74 Å². The molecule has 2 aromatic carbocycles. The molecule has 0 radical (unpaired) electrons. The van der Waals surface area contributed by atoms with Gasteiger partial charge in [-0.2, -0.15) is 0 Å². The zero-order chi connectivity index (χ0) is 20.2. The number of ether oxygens (including phenoxy) is 1. The molecule has 29 heavy (non-hydrogen) atoms. The van der Waals surface area contributed by atoms with Gasteiger partial charge in [0.2, 0.25) is 5.91 Å². The number of nitrogens with one attached hydrogen (secondary N) is 1. The van der Waals surface area contributed by atoms with E-state index in [1.54, 1.807) is 11.3 Å². The van der Waals surface area contributed by atoms with E-state index >= 15 is 0 Å². The molecule has 2 N–H and O–H groups in total. The predicted molar refractivity (Wildman–Crippen MR) is 114 cm³/mol. The number of nitrogens with zero attached hydrogens (tertiary/aromatic N) is 2. The Morgan fingerprint density at radius 2 is 1.97 bits per heavy atom. The SMILES string of the molecule is CC(O)C(=O)NC1CCN(Cc2ccc(Oc3nc4ccccc4s3)cc2)CC1. The Morgan fingerprint density at radius 1 is 1.24 bits per heavy atom. The summed E-state index contributed by atoms with van der Waals surface area (Å²) in [6.07, 6.45) is 0.852. The van der Waals surface area contributed by atoms with Crippen LogP contribution < -0.4 is 10.1 Å². The number of amides is 1. The maximum absolute atomic E-state index is 11.6. The molecule has 3 aromatic rings. The Kier molecular flexibility index (Phi) is 6.08. The van der Waals surface area contributed by atoms with Crippen LogP contribution in [0.2, 0.25) is 0 Å². The molecule has 1 amide bonds. The zero-order valence-electron chi connectivity index (χ0n) is 16.4. The predicted octanol–water partition coefficient (Wildman–Crippen LogP) is 3.55. The largest absolute Gasteiger partial charge is 0.431 e. The minimum absolute atomic E-state index is 0.151. The molecular formula is C22H25N3O3S. The van der Waals surface area contributed by atoms with Gasteiger partial charge in [0, 0.05) is 25.7 Å². The molecule has 1 aromatic heterocycles. The highest BCUT2D eigenvalue weighted by atomic mass is 32.1. The van der Waals surface area contributed by atoms with Crippen LogP contribution in [-0.2, 0) is 11.3 Å². The number of piperidine rings is 1. The summed E-state index contributed by atoms with van der Waals surface area (Å²) in [5.41, 5.74) is 2.19. The van der Waals surface area contributed by atoms with E-state index in [2.05, 4.69) is 27.3 Å². The van der Waals surface area contributed by atoms with E-state index in [9.17, 15) is 9.90 Å². The lowest BCUT2D eigenvalue weighted by atomic mass is 10.0. The fourth-order valence-electron chi connectivity index (χ4n) is 3.47. The van der Waals surface area contributed by atoms with Crippen LogP contribution in [0.5, 0.6) is 10.9 Å². The second kappa shape index (κ2) is 8.90. The van der Waals surface area contributed by atoms with Crippen LogP contribution in [0.4, 0.5) is 0 Å². The highest BCUT2D eigenvalue weighted by Gasteiger charge is 2.22. The highest BCUT2D eigenvalue weighted by Crippen LogP contribution is 2.31. The summed E-state index contributed by atoms with van der Waals surface area (Å²) in [4.78, 5) is 18.5. The lowest BCUT2D eigenvalue weighted by Gasteiger charge is -2.32. The minimum atomic E-state index is -0.948. The number of thiazole rings is 1. The Bertz CT molecular complexity index is 930. The normalized spacial score (nSPS) is 16.6. The van der Waals surface area contributed by atoms with Crippen LogP contribution >= 0.6 is 11.3 Å². The first-order chi connectivity index (χ1) is 14.1. The Labute approximate surface area is 174 Å². The monoisotopic (exact) mass is 411 g/mol. The molecule has 1 saturated heterocycles. The zero-order valence-corrected chi connectivity index (χ0v) is 17.2. The topological polar surface area (TPSA) is 74.7 Å². The van der Waals surface area contributed by atoms with Gasteiger partial charge in [0.25, 0.3) is 5.19 Å². The third-order valence-corrected chi connectivity index (χ3v) is 6.04. The molecule has 6 nitrogen and oxygen atoms in total. The van der Waals surface area contributed by atoms with Gasteiger partial charge in [0.15, 0.2) is 0 Å². The van der Waals surface area contributed by atoms with Crippen LogP contribution in [0.3, 0.4) is 0 Å². The maximum Gasteiger partial charge on any atom is 0.279 e. The summed E-state index contributed by atoms with van der Waals surface area (Å²) < 4.78 is 7.03. The van der Waals surface area contributed by atoms with Crippen LogP contribution in [0.1, 0.15) is 25.3 Å². The summed E-state index contributed by atoms with van der Waals surface area (Å²) in [6.45, 7) is 4.22. The fourth-order valence-corrected chi connectivity index (χ4v) is 4.31. The number of para-hydroxylation sites is 1. The van der Waals surface area contributed by atoms with Crippen molar-refractivity contribution in [1.29, 1.82) is 0 Å². The van der Waals surface area contributed by atoms with E-state index in [1.165, 1.54) is 12.5 Å². The number of rotatable bonds is 6. The van der Waals surface area contributed by atoms with Crippen molar-refractivity contribution in [3.8, 4) is 10.9 Å². The van der Waals surface area contributed by atoms with Crippen molar-refractivity contribution in [2.24, 2.45) is 0 Å². The molecule has 0 aliphatic carbocycles. The molecule has 1 aliphatic heterocycles. The first-order valence-corrected chi connectivity index (χ1v) is 10.7. The average Bonchev–Trinajstić information content (AvgIpc) is 3.13. The first-order valence-electron chi connectivity index (χ1n) is 9.90. The summed E-state index contributed by atoms with van der Waals surface area (Å²) >= 11 is 1.54. The summed E-state index contributed by atoms with van der Waals surface area (Å²) in [6, 6.07) is 16.3. The molecule has 7 heteroatoms.